The molecule has 1 aromatic carbocycles. The Labute approximate surface area is 91.0 Å². The summed E-state index contributed by atoms with van der Waals surface area (Å²) >= 11 is 0. The summed E-state index contributed by atoms with van der Waals surface area (Å²) in [7, 11) is 1.94. The quantitative estimate of drug-likeness (QED) is 0.800. The molecule has 0 amide bonds. The van der Waals surface area contributed by atoms with Crippen LogP contribution in [0.3, 0.4) is 0 Å². The third-order valence-electron chi connectivity index (χ3n) is 2.72. The number of benzene rings is 1. The van der Waals surface area contributed by atoms with Crippen LogP contribution in [0, 0.1) is 0 Å². The van der Waals surface area contributed by atoms with Crippen LogP contribution in [-0.4, -0.2) is 37.9 Å². The number of rotatable bonds is 3. The van der Waals surface area contributed by atoms with Gasteiger partial charge in [0.25, 0.3) is 0 Å². The highest BCUT2D eigenvalue weighted by Gasteiger charge is 2.18. The summed E-state index contributed by atoms with van der Waals surface area (Å²) in [5.74, 6) is 0. The number of likely N-dealkylation sites (N-methyl/N-ethyl adjacent to an activating group) is 1. The maximum Gasteiger partial charge on any atom is 0.120 e. The highest BCUT2D eigenvalue weighted by Crippen LogP contribution is 2.08. The third-order valence-corrected chi connectivity index (χ3v) is 2.72. The van der Waals surface area contributed by atoms with Gasteiger partial charge in [-0.15, -0.1) is 0 Å². The van der Waals surface area contributed by atoms with E-state index in [2.05, 4.69) is 40.5 Å². The second-order valence-corrected chi connectivity index (χ2v) is 3.87. The van der Waals surface area contributed by atoms with Crippen molar-refractivity contribution >= 4 is 0 Å². The summed E-state index contributed by atoms with van der Waals surface area (Å²) < 4.78 is 5.54. The van der Waals surface area contributed by atoms with E-state index in [0.29, 0.717) is 0 Å². The molecule has 1 aliphatic rings. The molecule has 0 unspecified atom stereocenters. The summed E-state index contributed by atoms with van der Waals surface area (Å²) in [4.78, 5) is 2.42. The van der Waals surface area contributed by atoms with Gasteiger partial charge in [-0.3, -0.25) is 10.2 Å². The van der Waals surface area contributed by atoms with Crippen LogP contribution in [0.5, 0.6) is 0 Å². The van der Waals surface area contributed by atoms with Crippen molar-refractivity contribution < 1.29 is 4.74 Å². The molecule has 1 aliphatic heterocycles. The minimum absolute atomic E-state index is 0.183. The van der Waals surface area contributed by atoms with Crippen LogP contribution in [0.2, 0.25) is 0 Å². The molecule has 0 saturated carbocycles. The summed E-state index contributed by atoms with van der Waals surface area (Å²) in [6, 6.07) is 10.6. The zero-order chi connectivity index (χ0) is 10.5. The molecular formula is C12H18N2O. The Hall–Kier alpha value is -0.900. The molecule has 1 atom stereocenters. The lowest BCUT2D eigenvalue weighted by molar-refractivity contribution is -0.0442. The predicted octanol–water partition coefficient (Wildman–Crippen LogP) is 1.06. The molecule has 0 radical (unpaired) electrons. The van der Waals surface area contributed by atoms with Gasteiger partial charge < -0.3 is 4.74 Å². The minimum Gasteiger partial charge on any atom is -0.361 e. The highest BCUT2D eigenvalue weighted by molar-refractivity contribution is 5.14. The van der Waals surface area contributed by atoms with Crippen LogP contribution in [-0.2, 0) is 11.3 Å². The topological polar surface area (TPSA) is 24.5 Å². The van der Waals surface area contributed by atoms with E-state index in [-0.39, 0.29) is 6.23 Å². The molecule has 15 heavy (non-hydrogen) atoms. The molecule has 0 bridgehead atoms. The fourth-order valence-electron chi connectivity index (χ4n) is 1.86. The Morgan fingerprint density at radius 2 is 2.20 bits per heavy atom. The van der Waals surface area contributed by atoms with Crippen molar-refractivity contribution in [2.45, 2.75) is 12.8 Å². The molecule has 2 rings (SSSR count). The van der Waals surface area contributed by atoms with Gasteiger partial charge in [-0.2, -0.15) is 0 Å². The van der Waals surface area contributed by atoms with E-state index in [1.54, 1.807) is 0 Å². The van der Waals surface area contributed by atoms with Crippen molar-refractivity contribution in [3.05, 3.63) is 35.9 Å². The normalized spacial score (nSPS) is 22.9. The van der Waals surface area contributed by atoms with Crippen LogP contribution >= 0.6 is 0 Å². The fraction of sp³-hybridized carbons (Fsp3) is 0.500. The van der Waals surface area contributed by atoms with E-state index in [1.165, 1.54) is 5.56 Å². The van der Waals surface area contributed by atoms with E-state index < -0.39 is 0 Å². The zero-order valence-corrected chi connectivity index (χ0v) is 9.15. The summed E-state index contributed by atoms with van der Waals surface area (Å²) in [5.41, 5.74) is 1.37. The molecule has 1 fully saturated rings. The smallest absolute Gasteiger partial charge is 0.120 e. The van der Waals surface area contributed by atoms with Gasteiger partial charge in [-0.05, 0) is 12.6 Å². The van der Waals surface area contributed by atoms with Crippen LogP contribution in [0.25, 0.3) is 0 Å². The van der Waals surface area contributed by atoms with E-state index in [9.17, 15) is 0 Å². The largest absolute Gasteiger partial charge is 0.361 e. The molecule has 0 spiro atoms. The first-order valence-corrected chi connectivity index (χ1v) is 5.43. The number of morpholine rings is 1. The number of nitrogens with one attached hydrogen (secondary N) is 1. The first-order chi connectivity index (χ1) is 7.38. The Kier molecular flexibility index (Phi) is 3.72. The summed E-state index contributed by atoms with van der Waals surface area (Å²) in [6.07, 6.45) is 0.183. The lowest BCUT2D eigenvalue weighted by atomic mass is 10.2. The molecule has 3 nitrogen and oxygen atoms in total. The number of nitrogens with zero attached hydrogens (tertiary/aromatic N) is 1. The first-order valence-electron chi connectivity index (χ1n) is 5.43. The number of hydrogen-bond donors (Lipinski definition) is 1. The second-order valence-electron chi connectivity index (χ2n) is 3.87. The number of ether oxygens (including phenoxy) is 1. The molecular weight excluding hydrogens is 188 g/mol. The molecule has 1 saturated heterocycles. The fourth-order valence-corrected chi connectivity index (χ4v) is 1.86. The monoisotopic (exact) mass is 206 g/mol. The summed E-state index contributed by atoms with van der Waals surface area (Å²) in [6.45, 7) is 3.82. The summed E-state index contributed by atoms with van der Waals surface area (Å²) in [5, 5.41) is 3.16. The Morgan fingerprint density at radius 3 is 2.93 bits per heavy atom. The van der Waals surface area contributed by atoms with Gasteiger partial charge in [-0.1, -0.05) is 30.3 Å². The Bertz CT molecular complexity index is 289. The highest BCUT2D eigenvalue weighted by atomic mass is 16.5. The molecule has 1 heterocycles. The second kappa shape index (κ2) is 5.26. The predicted molar refractivity (Wildman–Crippen MR) is 60.5 cm³/mol. The first kappa shape index (κ1) is 10.6. The lowest BCUT2D eigenvalue weighted by Gasteiger charge is -2.32. The van der Waals surface area contributed by atoms with Crippen molar-refractivity contribution in [1.82, 2.24) is 10.2 Å². The van der Waals surface area contributed by atoms with E-state index in [1.807, 2.05) is 7.05 Å². The third kappa shape index (κ3) is 3.02. The van der Waals surface area contributed by atoms with Gasteiger partial charge in [0, 0.05) is 19.6 Å². The van der Waals surface area contributed by atoms with Gasteiger partial charge >= 0.3 is 0 Å². The average Bonchev–Trinajstić information content (AvgIpc) is 2.31. The minimum atomic E-state index is 0.183. The van der Waals surface area contributed by atoms with Crippen molar-refractivity contribution in [2.24, 2.45) is 0 Å². The molecule has 0 aliphatic carbocycles. The van der Waals surface area contributed by atoms with Gasteiger partial charge in [-0.25, -0.2) is 0 Å². The zero-order valence-electron chi connectivity index (χ0n) is 9.15. The maximum absolute atomic E-state index is 5.54. The van der Waals surface area contributed by atoms with Crippen molar-refractivity contribution in [3.63, 3.8) is 0 Å². The van der Waals surface area contributed by atoms with Gasteiger partial charge in [0.15, 0.2) is 0 Å². The van der Waals surface area contributed by atoms with Gasteiger partial charge in [0.2, 0.25) is 0 Å². The Balaban J connectivity index is 1.89. The molecule has 0 aromatic heterocycles. The Morgan fingerprint density at radius 1 is 1.40 bits per heavy atom. The van der Waals surface area contributed by atoms with Crippen molar-refractivity contribution in [3.8, 4) is 0 Å². The van der Waals surface area contributed by atoms with Gasteiger partial charge in [0.1, 0.15) is 6.23 Å². The molecule has 1 aromatic rings. The molecule has 3 heteroatoms. The average molecular weight is 206 g/mol. The van der Waals surface area contributed by atoms with Crippen LogP contribution < -0.4 is 5.32 Å². The van der Waals surface area contributed by atoms with E-state index in [4.69, 9.17) is 4.74 Å². The molecule has 82 valence electrons. The van der Waals surface area contributed by atoms with Crippen molar-refractivity contribution in [1.29, 1.82) is 0 Å². The SMILES string of the molecule is CN[C@H]1CN(Cc2ccccc2)CCO1. The van der Waals surface area contributed by atoms with E-state index in [0.717, 1.165) is 26.2 Å². The van der Waals surface area contributed by atoms with Gasteiger partial charge in [0.05, 0.1) is 6.61 Å². The molecule has 1 N–H and O–H groups in total. The lowest BCUT2D eigenvalue weighted by Crippen LogP contribution is -2.47. The van der Waals surface area contributed by atoms with Crippen LogP contribution in [0.1, 0.15) is 5.56 Å². The van der Waals surface area contributed by atoms with Crippen LogP contribution in [0.15, 0.2) is 30.3 Å². The van der Waals surface area contributed by atoms with Crippen LogP contribution in [0.4, 0.5) is 0 Å². The van der Waals surface area contributed by atoms with E-state index >= 15 is 0 Å². The maximum atomic E-state index is 5.54. The standard InChI is InChI=1S/C12H18N2O/c1-13-12-10-14(7-8-15-12)9-11-5-3-2-4-6-11/h2-6,12-13H,7-10H2,1H3/t12-/m1/s1. The number of hydrogen-bond acceptors (Lipinski definition) is 3. The van der Waals surface area contributed by atoms with Crippen molar-refractivity contribution in [2.75, 3.05) is 26.7 Å².